The minimum absolute atomic E-state index is 0.0145. The van der Waals surface area contributed by atoms with Crippen LogP contribution in [0.3, 0.4) is 0 Å². The molecule has 0 fully saturated rings. The number of hydrogen-bond acceptors (Lipinski definition) is 7. The maximum atomic E-state index is 13.6. The molecule has 8 heteroatoms. The summed E-state index contributed by atoms with van der Waals surface area (Å²) < 4.78 is 17.1. The molecule has 0 spiro atoms. The molecule has 3 aromatic rings. The Balaban J connectivity index is 1.94. The highest BCUT2D eigenvalue weighted by molar-refractivity contribution is 5.98. The van der Waals surface area contributed by atoms with Gasteiger partial charge < -0.3 is 24.4 Å². The summed E-state index contributed by atoms with van der Waals surface area (Å²) in [5, 5.41) is 19.5. The van der Waals surface area contributed by atoms with E-state index in [0.29, 0.717) is 17.7 Å². The second-order valence-corrected chi connectivity index (χ2v) is 9.64. The first kappa shape index (κ1) is 30.2. The van der Waals surface area contributed by atoms with Crippen molar-refractivity contribution >= 4 is 17.7 Å². The molecule has 8 nitrogen and oxygen atoms in total. The molecule has 40 heavy (non-hydrogen) atoms. The second-order valence-electron chi connectivity index (χ2n) is 9.64. The predicted octanol–water partition coefficient (Wildman–Crippen LogP) is 6.68. The molecule has 0 aliphatic heterocycles. The largest absolute Gasteiger partial charge is 0.507 e. The third-order valence-corrected chi connectivity index (χ3v) is 6.49. The number of phenols is 1. The molecule has 212 valence electrons. The van der Waals surface area contributed by atoms with Crippen molar-refractivity contribution in [3.63, 3.8) is 0 Å². The third kappa shape index (κ3) is 8.33. The number of carboxylic acid groups (broad SMARTS) is 1. The van der Waals surface area contributed by atoms with Crippen LogP contribution in [-0.2, 0) is 17.8 Å². The van der Waals surface area contributed by atoms with Gasteiger partial charge in [-0.25, -0.2) is 9.59 Å². The molecular weight excluding hydrogens is 512 g/mol. The van der Waals surface area contributed by atoms with Gasteiger partial charge in [0.1, 0.15) is 46.5 Å². The lowest BCUT2D eigenvalue weighted by atomic mass is 9.98. The van der Waals surface area contributed by atoms with Gasteiger partial charge in [-0.2, -0.15) is 0 Å². The molecule has 0 unspecified atom stereocenters. The van der Waals surface area contributed by atoms with E-state index in [1.807, 2.05) is 30.3 Å². The Morgan fingerprint density at radius 2 is 1.60 bits per heavy atom. The third-order valence-electron chi connectivity index (χ3n) is 6.49. The van der Waals surface area contributed by atoms with Gasteiger partial charge in [-0.15, -0.1) is 0 Å². The van der Waals surface area contributed by atoms with Crippen LogP contribution in [0.4, 0.5) is 0 Å². The highest BCUT2D eigenvalue weighted by atomic mass is 16.5. The molecule has 3 rings (SSSR count). The minimum Gasteiger partial charge on any atom is -0.507 e. The highest BCUT2D eigenvalue weighted by Crippen LogP contribution is 2.33. The molecule has 2 N–H and O–H groups in total. The van der Waals surface area contributed by atoms with Crippen molar-refractivity contribution in [2.24, 2.45) is 0 Å². The first-order chi connectivity index (χ1) is 19.2. The number of carbonyl (C=O) groups is 3. The summed E-state index contributed by atoms with van der Waals surface area (Å²) in [7, 11) is 1.49. The van der Waals surface area contributed by atoms with Crippen LogP contribution in [0, 0.1) is 6.92 Å². The lowest BCUT2D eigenvalue weighted by Gasteiger charge is -2.17. The van der Waals surface area contributed by atoms with Crippen LogP contribution in [-0.4, -0.2) is 35.0 Å². The van der Waals surface area contributed by atoms with Gasteiger partial charge in [0.15, 0.2) is 0 Å². The fraction of sp³-hybridized carbons (Fsp3) is 0.344. The molecule has 0 heterocycles. The van der Waals surface area contributed by atoms with Crippen LogP contribution < -0.4 is 14.2 Å². The summed E-state index contributed by atoms with van der Waals surface area (Å²) in [5.41, 5.74) is 1.29. The van der Waals surface area contributed by atoms with Gasteiger partial charge in [0.25, 0.3) is 0 Å². The predicted molar refractivity (Wildman–Crippen MR) is 151 cm³/mol. The molecular formula is C32H36O8. The van der Waals surface area contributed by atoms with Crippen molar-refractivity contribution in [3.05, 3.63) is 82.4 Å². The van der Waals surface area contributed by atoms with E-state index in [1.165, 1.54) is 20.1 Å². The summed E-state index contributed by atoms with van der Waals surface area (Å²) in [5.74, 6) is -2.08. The van der Waals surface area contributed by atoms with E-state index in [1.54, 1.807) is 12.1 Å². The quantitative estimate of drug-likeness (QED) is 0.123. The molecule has 0 bridgehead atoms. The van der Waals surface area contributed by atoms with Crippen LogP contribution >= 0.6 is 0 Å². The number of aromatic hydroxyl groups is 1. The number of ketones is 1. The van der Waals surface area contributed by atoms with Gasteiger partial charge in [-0.3, -0.25) is 4.79 Å². The fourth-order valence-electron chi connectivity index (χ4n) is 4.44. The van der Waals surface area contributed by atoms with Crippen LogP contribution in [0.2, 0.25) is 0 Å². The molecule has 0 saturated carbocycles. The maximum absolute atomic E-state index is 13.6. The Morgan fingerprint density at radius 3 is 2.25 bits per heavy atom. The lowest BCUT2D eigenvalue weighted by Crippen LogP contribution is -2.16. The summed E-state index contributed by atoms with van der Waals surface area (Å²) in [6, 6.07) is 15.0. The van der Waals surface area contributed by atoms with E-state index in [0.717, 1.165) is 43.7 Å². The van der Waals surface area contributed by atoms with Crippen molar-refractivity contribution in [2.45, 2.75) is 65.4 Å². The monoisotopic (exact) mass is 548 g/mol. The van der Waals surface area contributed by atoms with Crippen molar-refractivity contribution < 1.29 is 38.8 Å². The zero-order chi connectivity index (χ0) is 29.1. The first-order valence-corrected chi connectivity index (χ1v) is 13.4. The maximum Gasteiger partial charge on any atom is 0.347 e. The molecule has 0 radical (unpaired) electrons. The van der Waals surface area contributed by atoms with Crippen LogP contribution in [0.25, 0.3) is 0 Å². The Bertz CT molecular complexity index is 1310. The molecule has 0 aliphatic carbocycles. The van der Waals surface area contributed by atoms with E-state index >= 15 is 0 Å². The molecule has 0 aliphatic rings. The lowest BCUT2D eigenvalue weighted by molar-refractivity contribution is -0.118. The molecule has 3 aromatic carbocycles. The normalized spacial score (nSPS) is 10.7. The summed E-state index contributed by atoms with van der Waals surface area (Å²) in [6.45, 7) is 3.79. The number of aryl methyl sites for hydroxylation is 1. The number of ether oxygens (including phenoxy) is 3. The van der Waals surface area contributed by atoms with Crippen LogP contribution in [0.5, 0.6) is 23.0 Å². The van der Waals surface area contributed by atoms with Crippen LogP contribution in [0.1, 0.15) is 82.9 Å². The van der Waals surface area contributed by atoms with E-state index in [2.05, 4.69) is 6.92 Å². The van der Waals surface area contributed by atoms with Crippen molar-refractivity contribution in [2.75, 3.05) is 7.11 Å². The highest BCUT2D eigenvalue weighted by Gasteiger charge is 2.25. The molecule has 0 saturated heterocycles. The number of benzene rings is 3. The minimum atomic E-state index is -1.30. The zero-order valence-corrected chi connectivity index (χ0v) is 23.2. The van der Waals surface area contributed by atoms with Crippen molar-refractivity contribution in [1.29, 1.82) is 0 Å². The van der Waals surface area contributed by atoms with Crippen LogP contribution in [0.15, 0.2) is 54.6 Å². The van der Waals surface area contributed by atoms with Gasteiger partial charge >= 0.3 is 11.9 Å². The van der Waals surface area contributed by atoms with Crippen molar-refractivity contribution in [1.82, 2.24) is 0 Å². The van der Waals surface area contributed by atoms with Gasteiger partial charge in [0.05, 0.1) is 7.11 Å². The number of aromatic carboxylic acids is 1. The number of hydrogen-bond donors (Lipinski definition) is 2. The standard InChI is InChI=1S/C32H36O8/c1-4-5-6-7-11-14-24(33)16-23-17-25(38-3)19-28(39-20-22-12-9-8-10-13-22)30(23)32(37)40-26-15-21(2)29(31(35)36)27(34)18-26/h8-10,12-13,15,17-19,34H,4-7,11,14,16,20H2,1-3H3,(H,35,36). The van der Waals surface area contributed by atoms with E-state index < -0.39 is 17.7 Å². The Hall–Kier alpha value is -4.33. The summed E-state index contributed by atoms with van der Waals surface area (Å²) >= 11 is 0. The van der Waals surface area contributed by atoms with Gasteiger partial charge in [-0.05, 0) is 42.2 Å². The Labute approximate surface area is 234 Å². The fourth-order valence-corrected chi connectivity index (χ4v) is 4.44. The Morgan fingerprint density at radius 1 is 0.875 bits per heavy atom. The number of esters is 1. The van der Waals surface area contributed by atoms with Gasteiger partial charge in [-0.1, -0.05) is 62.9 Å². The van der Waals surface area contributed by atoms with E-state index in [9.17, 15) is 24.6 Å². The topological polar surface area (TPSA) is 119 Å². The summed E-state index contributed by atoms with van der Waals surface area (Å²) in [4.78, 5) is 37.9. The summed E-state index contributed by atoms with van der Waals surface area (Å²) in [6.07, 6.45) is 5.43. The van der Waals surface area contributed by atoms with E-state index in [4.69, 9.17) is 14.2 Å². The smallest absolute Gasteiger partial charge is 0.347 e. The zero-order valence-electron chi connectivity index (χ0n) is 23.2. The number of rotatable bonds is 15. The SMILES string of the molecule is CCCCCCCC(=O)Cc1cc(OC)cc(OCc2ccccc2)c1C(=O)Oc1cc(C)c(C(=O)O)c(O)c1. The number of carboxylic acids is 1. The number of carbonyl (C=O) groups excluding carboxylic acids is 2. The molecule has 0 amide bonds. The molecule has 0 atom stereocenters. The van der Waals surface area contributed by atoms with E-state index in [-0.39, 0.29) is 47.0 Å². The average molecular weight is 549 g/mol. The number of Topliss-reactive ketones (excluding diaryl/α,β-unsaturated/α-hetero) is 1. The first-order valence-electron chi connectivity index (χ1n) is 13.4. The van der Waals surface area contributed by atoms with Gasteiger partial charge in [0, 0.05) is 25.0 Å². The average Bonchev–Trinajstić information content (AvgIpc) is 2.91. The second kappa shape index (κ2) is 14.7. The number of methoxy groups -OCH3 is 1. The molecule has 0 aromatic heterocycles. The van der Waals surface area contributed by atoms with Crippen molar-refractivity contribution in [3.8, 4) is 23.0 Å². The Kier molecular flexibility index (Phi) is 11.1. The van der Waals surface area contributed by atoms with Gasteiger partial charge in [0.2, 0.25) is 0 Å². The number of unbranched alkanes of at least 4 members (excludes halogenated alkanes) is 4.